The zero-order valence-electron chi connectivity index (χ0n) is 8.50. The van der Waals surface area contributed by atoms with Gasteiger partial charge in [-0.3, -0.25) is 0 Å². The highest BCUT2D eigenvalue weighted by molar-refractivity contribution is 8.43. The minimum Gasteiger partial charge on any atom is -0.114 e. The van der Waals surface area contributed by atoms with Crippen molar-refractivity contribution >= 4 is 42.4 Å². The highest BCUT2D eigenvalue weighted by Gasteiger charge is 2.07. The summed E-state index contributed by atoms with van der Waals surface area (Å²) in [6.07, 6.45) is 8.52. The summed E-state index contributed by atoms with van der Waals surface area (Å²) in [5.74, 6) is 1.00. The Hall–Kier alpha value is 2.15. The van der Waals surface area contributed by atoms with Crippen molar-refractivity contribution in [3.05, 3.63) is 0 Å². The second-order valence-electron chi connectivity index (χ2n) is 3.42. The van der Waals surface area contributed by atoms with Gasteiger partial charge in [-0.05, 0) is 31.1 Å². The molecule has 0 aromatic carbocycles. The van der Waals surface area contributed by atoms with E-state index in [4.69, 9.17) is 0 Å². The van der Waals surface area contributed by atoms with Gasteiger partial charge in [0.15, 0.2) is 0 Å². The fraction of sp³-hybridized carbons (Fsp3) is 1.00. The average molecular weight is 274 g/mol. The van der Waals surface area contributed by atoms with Gasteiger partial charge in [0.05, 0.1) is 0 Å². The molecule has 0 spiro atoms. The first kappa shape index (κ1) is 15.2. The molecular weight excluding hydrogens is 251 g/mol. The lowest BCUT2D eigenvalue weighted by molar-refractivity contribution is 0.457. The van der Waals surface area contributed by atoms with Crippen molar-refractivity contribution in [2.24, 2.45) is 5.92 Å². The van der Waals surface area contributed by atoms with Crippen molar-refractivity contribution in [3.63, 3.8) is 0 Å². The Labute approximate surface area is 93.4 Å². The predicted molar refractivity (Wildman–Crippen MR) is 81.7 cm³/mol. The Balaban J connectivity index is 3.53. The van der Waals surface area contributed by atoms with Crippen LogP contribution in [0.15, 0.2) is 0 Å². The molecule has 0 nitrogen and oxygen atoms in total. The van der Waals surface area contributed by atoms with Crippen LogP contribution in [0.25, 0.3) is 0 Å². The molecule has 0 aromatic rings. The van der Waals surface area contributed by atoms with E-state index in [0.717, 1.165) is 14.2 Å². The summed E-state index contributed by atoms with van der Waals surface area (Å²) >= 11 is 0. The van der Waals surface area contributed by atoms with Crippen LogP contribution in [0, 0.1) is 5.92 Å². The highest BCUT2D eigenvalue weighted by Crippen LogP contribution is 2.53. The van der Waals surface area contributed by atoms with Crippen LogP contribution in [0.4, 0.5) is 0 Å². The van der Waals surface area contributed by atoms with Gasteiger partial charge in [0.1, 0.15) is 0 Å². The molecule has 0 aliphatic heterocycles. The highest BCUT2D eigenvalue weighted by atomic mass is 32.4. The summed E-state index contributed by atoms with van der Waals surface area (Å²) in [7, 11) is 9.96. The van der Waals surface area contributed by atoms with Crippen LogP contribution >= 0.6 is 42.4 Å². The number of rotatable bonds is 8. The minimum atomic E-state index is 0.172. The molecular formula is C8H23P5. The lowest BCUT2D eigenvalue weighted by Crippen LogP contribution is -2.02. The SMILES string of the molecule is CCCC(CCPP)CCP(P)P. The molecule has 0 radical (unpaired) electrons. The maximum absolute atomic E-state index is 2.93. The lowest BCUT2D eigenvalue weighted by atomic mass is 9.98. The molecule has 13 heavy (non-hydrogen) atoms. The topological polar surface area (TPSA) is 0 Å². The Morgan fingerprint density at radius 1 is 1.23 bits per heavy atom. The van der Waals surface area contributed by atoms with Crippen molar-refractivity contribution in [3.8, 4) is 0 Å². The molecule has 0 amide bonds. The maximum atomic E-state index is 2.93. The Bertz CT molecular complexity index is 107. The molecule has 0 aliphatic rings. The van der Waals surface area contributed by atoms with Crippen LogP contribution in [0.5, 0.6) is 0 Å². The zero-order valence-corrected chi connectivity index (χ0v) is 13.9. The van der Waals surface area contributed by atoms with Crippen LogP contribution in [0.3, 0.4) is 0 Å². The van der Waals surface area contributed by atoms with Crippen LogP contribution in [-0.2, 0) is 0 Å². The number of hydrogen-bond acceptors (Lipinski definition) is 0. The maximum Gasteiger partial charge on any atom is -0.0255 e. The van der Waals surface area contributed by atoms with E-state index >= 15 is 0 Å². The first-order valence-electron chi connectivity index (χ1n) is 4.91. The third kappa shape index (κ3) is 10.4. The van der Waals surface area contributed by atoms with Crippen molar-refractivity contribution in [1.29, 1.82) is 0 Å². The van der Waals surface area contributed by atoms with Crippen LogP contribution in [-0.4, -0.2) is 12.3 Å². The van der Waals surface area contributed by atoms with Crippen molar-refractivity contribution < 1.29 is 0 Å². The average Bonchev–Trinajstić information content (AvgIpc) is 2.09. The van der Waals surface area contributed by atoms with Gasteiger partial charge in [0.25, 0.3) is 0 Å². The van der Waals surface area contributed by atoms with Gasteiger partial charge in [0.2, 0.25) is 0 Å². The van der Waals surface area contributed by atoms with Gasteiger partial charge in [-0.1, -0.05) is 27.1 Å². The third-order valence-corrected chi connectivity index (χ3v) is 5.96. The van der Waals surface area contributed by atoms with E-state index in [1.54, 1.807) is 0 Å². The molecule has 0 bridgehead atoms. The van der Waals surface area contributed by atoms with E-state index in [1.165, 1.54) is 38.0 Å². The summed E-state index contributed by atoms with van der Waals surface area (Å²) in [4.78, 5) is 0. The van der Waals surface area contributed by atoms with Crippen molar-refractivity contribution in [2.75, 3.05) is 12.3 Å². The predicted octanol–water partition coefficient (Wildman–Crippen LogP) is 4.71. The fourth-order valence-corrected chi connectivity index (χ4v) is 4.09. The standard InChI is InChI=1S/C8H23P5/c1-2-3-8(4-6-12-9)5-7-13(10)11/h8,12H,2-7,9-11H2,1H3. The summed E-state index contributed by atoms with van der Waals surface area (Å²) < 4.78 is 0. The lowest BCUT2D eigenvalue weighted by Gasteiger charge is -2.16. The van der Waals surface area contributed by atoms with E-state index < -0.39 is 0 Å². The third-order valence-electron chi connectivity index (χ3n) is 2.19. The first-order chi connectivity index (χ1) is 6.20. The summed E-state index contributed by atoms with van der Waals surface area (Å²) in [6.45, 7) is 2.31. The van der Waals surface area contributed by atoms with Crippen LogP contribution in [0.2, 0.25) is 0 Å². The largest absolute Gasteiger partial charge is 0.114 e. The van der Waals surface area contributed by atoms with Gasteiger partial charge in [0, 0.05) is 0 Å². The van der Waals surface area contributed by atoms with E-state index in [2.05, 4.69) is 33.7 Å². The van der Waals surface area contributed by atoms with Crippen molar-refractivity contribution in [1.82, 2.24) is 0 Å². The van der Waals surface area contributed by atoms with Crippen molar-refractivity contribution in [2.45, 2.75) is 32.6 Å². The van der Waals surface area contributed by atoms with Gasteiger partial charge in [-0.15, -0.1) is 35.1 Å². The molecule has 5 heteroatoms. The van der Waals surface area contributed by atoms with E-state index in [9.17, 15) is 0 Å². The summed E-state index contributed by atoms with van der Waals surface area (Å²) in [5, 5.41) is 0. The second kappa shape index (κ2) is 10.7. The molecule has 80 valence electrons. The molecule has 0 fully saturated rings. The van der Waals surface area contributed by atoms with E-state index in [1.807, 2.05) is 0 Å². The molecule has 0 saturated heterocycles. The Morgan fingerprint density at radius 2 is 1.92 bits per heavy atom. The minimum absolute atomic E-state index is 0.172. The normalized spacial score (nSPS) is 14.5. The van der Waals surface area contributed by atoms with E-state index in [0.29, 0.717) is 0 Å². The van der Waals surface area contributed by atoms with Crippen LogP contribution in [0.1, 0.15) is 32.6 Å². The van der Waals surface area contributed by atoms with Crippen LogP contribution < -0.4 is 0 Å². The smallest absolute Gasteiger partial charge is 0.0255 e. The molecule has 0 aromatic heterocycles. The molecule has 0 heterocycles. The second-order valence-corrected chi connectivity index (χ2v) is 12.8. The number of hydrogen-bond donors (Lipinski definition) is 0. The zero-order chi connectivity index (χ0) is 10.1. The van der Waals surface area contributed by atoms with Gasteiger partial charge in [-0.25, -0.2) is 0 Å². The monoisotopic (exact) mass is 274 g/mol. The Morgan fingerprint density at radius 3 is 2.38 bits per heavy atom. The molecule has 0 N–H and O–H groups in total. The van der Waals surface area contributed by atoms with Gasteiger partial charge >= 0.3 is 0 Å². The fourth-order valence-electron chi connectivity index (χ4n) is 1.46. The van der Waals surface area contributed by atoms with Gasteiger partial charge in [-0.2, -0.15) is 0 Å². The molecule has 0 rings (SSSR count). The first-order valence-corrected chi connectivity index (χ1v) is 12.7. The molecule has 5 unspecified atom stereocenters. The molecule has 5 atom stereocenters. The Kier molecular flexibility index (Phi) is 12.4. The molecule has 0 aliphatic carbocycles. The van der Waals surface area contributed by atoms with Gasteiger partial charge < -0.3 is 0 Å². The summed E-state index contributed by atoms with van der Waals surface area (Å²) in [6, 6.07) is 0. The molecule has 0 saturated carbocycles. The van der Waals surface area contributed by atoms with E-state index in [-0.39, 0.29) is 7.30 Å². The quantitative estimate of drug-likeness (QED) is 0.562. The summed E-state index contributed by atoms with van der Waals surface area (Å²) in [5.41, 5.74) is 0.